The lowest BCUT2D eigenvalue weighted by atomic mass is 9.92. The molecule has 2 N–H and O–H groups in total. The molecule has 0 aliphatic carbocycles. The van der Waals surface area contributed by atoms with Crippen molar-refractivity contribution in [3.05, 3.63) is 59.7 Å². The fraction of sp³-hybridized carbons (Fsp3) is 0.318. The van der Waals surface area contributed by atoms with Gasteiger partial charge in [-0.3, -0.25) is 14.4 Å². The summed E-state index contributed by atoms with van der Waals surface area (Å²) in [6.45, 7) is 7.28. The Balaban J connectivity index is 2.00. The van der Waals surface area contributed by atoms with Crippen LogP contribution in [-0.4, -0.2) is 24.4 Å². The number of hydrogen-bond donors (Lipinski definition) is 2. The van der Waals surface area contributed by atoms with Crippen LogP contribution in [0.5, 0.6) is 0 Å². The third-order valence-electron chi connectivity index (χ3n) is 3.76. The summed E-state index contributed by atoms with van der Waals surface area (Å²) in [5, 5.41) is 5.44. The van der Waals surface area contributed by atoms with Gasteiger partial charge >= 0.3 is 5.97 Å². The van der Waals surface area contributed by atoms with Gasteiger partial charge in [0.05, 0.1) is 17.7 Å². The predicted octanol–water partition coefficient (Wildman–Crippen LogP) is 4.17. The number of rotatable bonds is 6. The number of para-hydroxylation sites is 1. The van der Waals surface area contributed by atoms with Crippen LogP contribution < -0.4 is 10.6 Å². The number of nitrogens with one attached hydrogen (secondary N) is 2. The molecule has 28 heavy (non-hydrogen) atoms. The molecule has 6 heteroatoms. The van der Waals surface area contributed by atoms with Gasteiger partial charge in [-0.2, -0.15) is 0 Å². The smallest absolute Gasteiger partial charge is 0.306 e. The maximum absolute atomic E-state index is 12.6. The zero-order valence-corrected chi connectivity index (χ0v) is 16.7. The van der Waals surface area contributed by atoms with E-state index in [1.165, 1.54) is 0 Å². The number of benzene rings is 2. The first-order valence-corrected chi connectivity index (χ1v) is 9.06. The Morgan fingerprint density at radius 1 is 0.964 bits per heavy atom. The van der Waals surface area contributed by atoms with Crippen molar-refractivity contribution in [2.75, 3.05) is 17.2 Å². The minimum Gasteiger partial charge on any atom is -0.456 e. The van der Waals surface area contributed by atoms with Crippen molar-refractivity contribution < 1.29 is 19.1 Å². The molecule has 0 fully saturated rings. The van der Waals surface area contributed by atoms with Crippen LogP contribution in [-0.2, 0) is 14.3 Å². The van der Waals surface area contributed by atoms with Crippen LogP contribution >= 0.6 is 0 Å². The van der Waals surface area contributed by atoms with E-state index in [0.717, 1.165) is 5.56 Å². The molecule has 2 aromatic rings. The first-order chi connectivity index (χ1) is 13.1. The van der Waals surface area contributed by atoms with Gasteiger partial charge in [0.1, 0.15) is 0 Å². The first-order valence-electron chi connectivity index (χ1n) is 9.06. The maximum atomic E-state index is 12.6. The normalized spacial score (nSPS) is 10.9. The number of amides is 2. The minimum atomic E-state index is -0.502. The average Bonchev–Trinajstić information content (AvgIpc) is 2.59. The van der Waals surface area contributed by atoms with Crippen LogP contribution in [0.3, 0.4) is 0 Å². The Morgan fingerprint density at radius 2 is 1.68 bits per heavy atom. The molecule has 0 radical (unpaired) electrons. The van der Waals surface area contributed by atoms with Crippen LogP contribution in [0.25, 0.3) is 0 Å². The Hall–Kier alpha value is -3.15. The van der Waals surface area contributed by atoms with Gasteiger partial charge in [-0.05, 0) is 42.2 Å². The lowest BCUT2D eigenvalue weighted by Crippen LogP contribution is -2.24. The highest BCUT2D eigenvalue weighted by Gasteiger charge is 2.19. The number of anilines is 2. The summed E-state index contributed by atoms with van der Waals surface area (Å²) in [7, 11) is 0. The second kappa shape index (κ2) is 9.17. The van der Waals surface area contributed by atoms with Gasteiger partial charge in [0.15, 0.2) is 6.61 Å². The summed E-state index contributed by atoms with van der Waals surface area (Å²) >= 11 is 0. The number of carbonyl (C=O) groups is 3. The molecule has 0 aliphatic heterocycles. The monoisotopic (exact) mass is 382 g/mol. The quantitative estimate of drug-likeness (QED) is 0.735. The van der Waals surface area contributed by atoms with E-state index in [-0.39, 0.29) is 17.7 Å². The van der Waals surface area contributed by atoms with E-state index >= 15 is 0 Å². The Labute approximate surface area is 165 Å². The van der Waals surface area contributed by atoms with Crippen molar-refractivity contribution in [1.82, 2.24) is 0 Å². The molecular weight excluding hydrogens is 356 g/mol. The fourth-order valence-corrected chi connectivity index (χ4v) is 2.53. The Morgan fingerprint density at radius 3 is 2.36 bits per heavy atom. The van der Waals surface area contributed by atoms with Crippen LogP contribution in [0.4, 0.5) is 11.4 Å². The average molecular weight is 382 g/mol. The molecule has 0 heterocycles. The zero-order chi connectivity index (χ0) is 20.7. The van der Waals surface area contributed by atoms with Crippen molar-refractivity contribution >= 4 is 29.2 Å². The van der Waals surface area contributed by atoms with Gasteiger partial charge in [-0.25, -0.2) is 0 Å². The second-order valence-electron chi connectivity index (χ2n) is 7.82. The molecule has 2 amide bonds. The number of carbonyl (C=O) groups excluding carboxylic acids is 3. The van der Waals surface area contributed by atoms with Gasteiger partial charge in [0.25, 0.3) is 11.8 Å². The standard InChI is InChI=1S/C22H26N2O4/c1-15-8-7-9-16(12-15)23-21(27)17-10-5-6-11-18(17)24-19(25)14-28-20(26)13-22(2,3)4/h5-12H,13-14H2,1-4H3,(H,23,27)(H,24,25). The van der Waals surface area contributed by atoms with E-state index in [0.29, 0.717) is 16.9 Å². The van der Waals surface area contributed by atoms with E-state index in [2.05, 4.69) is 10.6 Å². The summed E-state index contributed by atoms with van der Waals surface area (Å²) in [5.74, 6) is -1.28. The van der Waals surface area contributed by atoms with Crippen molar-refractivity contribution in [1.29, 1.82) is 0 Å². The molecule has 148 valence electrons. The van der Waals surface area contributed by atoms with Gasteiger partial charge in [-0.15, -0.1) is 0 Å². The third-order valence-corrected chi connectivity index (χ3v) is 3.76. The minimum absolute atomic E-state index is 0.214. The molecule has 0 saturated heterocycles. The molecule has 0 bridgehead atoms. The molecule has 0 aromatic heterocycles. The molecule has 2 aromatic carbocycles. The van der Waals surface area contributed by atoms with Crippen molar-refractivity contribution in [2.45, 2.75) is 34.1 Å². The summed E-state index contributed by atoms with van der Waals surface area (Å²) in [6.07, 6.45) is 0.218. The Bertz CT molecular complexity index is 869. The van der Waals surface area contributed by atoms with E-state index in [1.54, 1.807) is 30.3 Å². The molecule has 6 nitrogen and oxygen atoms in total. The molecule has 0 aliphatic rings. The summed E-state index contributed by atoms with van der Waals surface area (Å²) in [5.41, 5.74) is 2.15. The summed E-state index contributed by atoms with van der Waals surface area (Å²) < 4.78 is 5.01. The molecule has 0 saturated carbocycles. The highest BCUT2D eigenvalue weighted by atomic mass is 16.5. The summed E-state index contributed by atoms with van der Waals surface area (Å²) in [4.78, 5) is 36.5. The Kier molecular flexibility index (Phi) is 6.93. The molecule has 0 spiro atoms. The number of esters is 1. The van der Waals surface area contributed by atoms with Gasteiger partial charge in [-0.1, -0.05) is 45.0 Å². The van der Waals surface area contributed by atoms with E-state index < -0.39 is 18.5 Å². The van der Waals surface area contributed by atoms with Crippen molar-refractivity contribution in [3.8, 4) is 0 Å². The largest absolute Gasteiger partial charge is 0.456 e. The lowest BCUT2D eigenvalue weighted by Gasteiger charge is -2.16. The van der Waals surface area contributed by atoms with Crippen LogP contribution in [0.2, 0.25) is 0 Å². The summed E-state index contributed by atoms with van der Waals surface area (Å²) in [6, 6.07) is 14.1. The van der Waals surface area contributed by atoms with E-state index in [1.807, 2.05) is 45.9 Å². The molecule has 0 atom stereocenters. The molecule has 0 unspecified atom stereocenters. The van der Waals surface area contributed by atoms with E-state index in [9.17, 15) is 14.4 Å². The topological polar surface area (TPSA) is 84.5 Å². The van der Waals surface area contributed by atoms with Gasteiger partial charge < -0.3 is 15.4 Å². The van der Waals surface area contributed by atoms with Crippen LogP contribution in [0.1, 0.15) is 43.1 Å². The van der Waals surface area contributed by atoms with Gasteiger partial charge in [0.2, 0.25) is 0 Å². The fourth-order valence-electron chi connectivity index (χ4n) is 2.53. The van der Waals surface area contributed by atoms with Crippen molar-refractivity contribution in [2.24, 2.45) is 5.41 Å². The van der Waals surface area contributed by atoms with E-state index in [4.69, 9.17) is 4.74 Å². The van der Waals surface area contributed by atoms with Crippen LogP contribution in [0, 0.1) is 12.3 Å². The number of aryl methyl sites for hydroxylation is 1. The third kappa shape index (κ3) is 6.87. The first kappa shape index (κ1) is 21.2. The SMILES string of the molecule is Cc1cccc(NC(=O)c2ccccc2NC(=O)COC(=O)CC(C)(C)C)c1. The predicted molar refractivity (Wildman–Crippen MR) is 109 cm³/mol. The zero-order valence-electron chi connectivity index (χ0n) is 16.7. The van der Waals surface area contributed by atoms with Crippen LogP contribution in [0.15, 0.2) is 48.5 Å². The number of ether oxygens (including phenoxy) is 1. The lowest BCUT2D eigenvalue weighted by molar-refractivity contribution is -0.149. The van der Waals surface area contributed by atoms with Crippen molar-refractivity contribution in [3.63, 3.8) is 0 Å². The second-order valence-corrected chi connectivity index (χ2v) is 7.82. The highest BCUT2D eigenvalue weighted by molar-refractivity contribution is 6.10. The van der Waals surface area contributed by atoms with Gasteiger partial charge in [0, 0.05) is 5.69 Å². The molecule has 2 rings (SSSR count). The highest BCUT2D eigenvalue weighted by Crippen LogP contribution is 2.20. The molecular formula is C22H26N2O4. The maximum Gasteiger partial charge on any atom is 0.306 e. The number of hydrogen-bond acceptors (Lipinski definition) is 4.